The van der Waals surface area contributed by atoms with Crippen molar-refractivity contribution in [3.8, 4) is 0 Å². The summed E-state index contributed by atoms with van der Waals surface area (Å²) >= 11 is 0. The molecule has 0 aliphatic carbocycles. The van der Waals surface area contributed by atoms with Gasteiger partial charge in [0.05, 0.1) is 17.8 Å². The summed E-state index contributed by atoms with van der Waals surface area (Å²) in [6.07, 6.45) is 1.61. The standard InChI is InChI=1S/C29H32N4O3/c1-17(22-13-7-9-19-8-4-5-12-23(19)22)31-28(35)25-16-21-11-6-10-20-14-15-24(29(36)33(25)26(20)21)32-27(34)18(2)30-3/h4-13,17-18,24-25,30H,14-16H2,1-3H3,(H,31,35)(H,32,34). The van der Waals surface area contributed by atoms with E-state index in [1.807, 2.05) is 49.4 Å². The van der Waals surface area contributed by atoms with Gasteiger partial charge in [-0.3, -0.25) is 19.3 Å². The molecule has 7 heteroatoms. The number of hydrogen-bond donors (Lipinski definition) is 3. The molecule has 0 fully saturated rings. The number of rotatable bonds is 6. The predicted molar refractivity (Wildman–Crippen MR) is 141 cm³/mol. The summed E-state index contributed by atoms with van der Waals surface area (Å²) in [5.74, 6) is -0.651. The van der Waals surface area contributed by atoms with Crippen LogP contribution in [0.4, 0.5) is 5.69 Å². The van der Waals surface area contributed by atoms with Crippen molar-refractivity contribution in [2.45, 2.75) is 57.3 Å². The summed E-state index contributed by atoms with van der Waals surface area (Å²) in [4.78, 5) is 41.7. The third kappa shape index (κ3) is 4.24. The quantitative estimate of drug-likeness (QED) is 0.502. The molecule has 0 saturated carbocycles. The Balaban J connectivity index is 1.42. The number of para-hydroxylation sites is 1. The Kier molecular flexibility index (Phi) is 6.49. The Morgan fingerprint density at radius 1 is 0.972 bits per heavy atom. The highest BCUT2D eigenvalue weighted by Gasteiger charge is 2.44. The molecule has 36 heavy (non-hydrogen) atoms. The molecule has 7 nitrogen and oxygen atoms in total. The molecule has 3 aromatic carbocycles. The van der Waals surface area contributed by atoms with Crippen LogP contribution in [0.2, 0.25) is 0 Å². The molecule has 3 aromatic rings. The lowest BCUT2D eigenvalue weighted by molar-refractivity contribution is -0.130. The third-order valence-corrected chi connectivity index (χ3v) is 7.50. The summed E-state index contributed by atoms with van der Waals surface area (Å²) in [6, 6.07) is 18.2. The van der Waals surface area contributed by atoms with Crippen molar-refractivity contribution in [3.05, 3.63) is 77.4 Å². The van der Waals surface area contributed by atoms with Gasteiger partial charge in [-0.25, -0.2) is 0 Å². The van der Waals surface area contributed by atoms with Crippen LogP contribution in [0.15, 0.2) is 60.7 Å². The fourth-order valence-electron chi connectivity index (χ4n) is 5.42. The topological polar surface area (TPSA) is 90.5 Å². The molecular formula is C29H32N4O3. The van der Waals surface area contributed by atoms with E-state index in [1.54, 1.807) is 18.9 Å². The fourth-order valence-corrected chi connectivity index (χ4v) is 5.42. The van der Waals surface area contributed by atoms with Gasteiger partial charge in [-0.15, -0.1) is 0 Å². The van der Waals surface area contributed by atoms with Gasteiger partial charge in [0.1, 0.15) is 12.1 Å². The van der Waals surface area contributed by atoms with E-state index in [-0.39, 0.29) is 23.8 Å². The van der Waals surface area contributed by atoms with Crippen LogP contribution in [0.5, 0.6) is 0 Å². The minimum Gasteiger partial charge on any atom is -0.348 e. The van der Waals surface area contributed by atoms with E-state index in [1.165, 1.54) is 0 Å². The Morgan fingerprint density at radius 3 is 2.50 bits per heavy atom. The first-order chi connectivity index (χ1) is 17.4. The number of nitrogens with one attached hydrogen (secondary N) is 3. The van der Waals surface area contributed by atoms with Crippen molar-refractivity contribution in [3.63, 3.8) is 0 Å². The van der Waals surface area contributed by atoms with Crippen LogP contribution in [0.1, 0.15) is 43.0 Å². The maximum atomic E-state index is 13.8. The van der Waals surface area contributed by atoms with Gasteiger partial charge in [-0.1, -0.05) is 60.7 Å². The molecule has 0 spiro atoms. The number of amides is 3. The third-order valence-electron chi connectivity index (χ3n) is 7.50. The maximum absolute atomic E-state index is 13.8. The van der Waals surface area contributed by atoms with Gasteiger partial charge in [-0.05, 0) is 61.2 Å². The molecule has 2 aliphatic heterocycles. The Morgan fingerprint density at radius 2 is 1.69 bits per heavy atom. The zero-order valence-electron chi connectivity index (χ0n) is 20.9. The van der Waals surface area contributed by atoms with E-state index in [2.05, 4.69) is 34.1 Å². The monoisotopic (exact) mass is 484 g/mol. The Labute approximate surface area is 211 Å². The van der Waals surface area contributed by atoms with E-state index in [0.29, 0.717) is 19.3 Å². The van der Waals surface area contributed by atoms with Crippen molar-refractivity contribution in [2.75, 3.05) is 11.9 Å². The lowest BCUT2D eigenvalue weighted by atomic mass is 9.99. The average Bonchev–Trinajstić information content (AvgIpc) is 3.23. The van der Waals surface area contributed by atoms with Crippen LogP contribution < -0.4 is 20.9 Å². The number of hydrogen-bond acceptors (Lipinski definition) is 4. The molecule has 5 rings (SSSR count). The number of aryl methyl sites for hydroxylation is 1. The van der Waals surface area contributed by atoms with Crippen LogP contribution in [0.3, 0.4) is 0 Å². The van der Waals surface area contributed by atoms with Gasteiger partial charge in [0.25, 0.3) is 0 Å². The Hall–Kier alpha value is -3.71. The van der Waals surface area contributed by atoms with Gasteiger partial charge in [0, 0.05) is 6.42 Å². The smallest absolute Gasteiger partial charge is 0.250 e. The fraction of sp³-hybridized carbons (Fsp3) is 0.345. The number of carbonyl (C=O) groups is 3. The molecule has 186 valence electrons. The maximum Gasteiger partial charge on any atom is 0.250 e. The summed E-state index contributed by atoms with van der Waals surface area (Å²) in [5, 5.41) is 11.2. The highest BCUT2D eigenvalue weighted by molar-refractivity contribution is 6.08. The summed E-state index contributed by atoms with van der Waals surface area (Å²) in [5.41, 5.74) is 3.90. The van der Waals surface area contributed by atoms with E-state index >= 15 is 0 Å². The van der Waals surface area contributed by atoms with Crippen molar-refractivity contribution >= 4 is 34.2 Å². The Bertz CT molecular complexity index is 1330. The zero-order valence-corrected chi connectivity index (χ0v) is 20.9. The molecule has 0 aromatic heterocycles. The number of benzene rings is 3. The molecule has 4 atom stereocenters. The van der Waals surface area contributed by atoms with Crippen molar-refractivity contribution < 1.29 is 14.4 Å². The SMILES string of the molecule is CNC(C)C(=O)NC1CCc2cccc3c2N(C1=O)C(C(=O)NC(C)c1cccc2ccccc12)C3. The summed E-state index contributed by atoms with van der Waals surface area (Å²) < 4.78 is 0. The molecule has 0 bridgehead atoms. The number of likely N-dealkylation sites (N-methyl/N-ethyl adjacent to an activating group) is 1. The second-order valence-corrected chi connectivity index (χ2v) is 9.76. The molecule has 3 N–H and O–H groups in total. The molecular weight excluding hydrogens is 452 g/mol. The van der Waals surface area contributed by atoms with Gasteiger partial charge < -0.3 is 16.0 Å². The minimum atomic E-state index is -0.683. The zero-order chi connectivity index (χ0) is 25.4. The number of anilines is 1. The molecule has 0 saturated heterocycles. The highest BCUT2D eigenvalue weighted by atomic mass is 16.2. The largest absolute Gasteiger partial charge is 0.348 e. The molecule has 3 amide bonds. The molecule has 2 aliphatic rings. The van der Waals surface area contributed by atoms with Crippen molar-refractivity contribution in [1.29, 1.82) is 0 Å². The first kappa shape index (κ1) is 24.0. The average molecular weight is 485 g/mol. The first-order valence-corrected chi connectivity index (χ1v) is 12.6. The minimum absolute atomic E-state index is 0.193. The van der Waals surface area contributed by atoms with E-state index in [0.717, 1.165) is 33.2 Å². The molecule has 4 unspecified atom stereocenters. The van der Waals surface area contributed by atoms with E-state index < -0.39 is 18.1 Å². The normalized spacial score (nSPS) is 20.4. The molecule has 0 radical (unpaired) electrons. The lowest BCUT2D eigenvalue weighted by Crippen LogP contribution is -2.56. The van der Waals surface area contributed by atoms with Crippen LogP contribution in [0, 0.1) is 0 Å². The summed E-state index contributed by atoms with van der Waals surface area (Å²) in [7, 11) is 1.71. The van der Waals surface area contributed by atoms with Crippen LogP contribution in [0.25, 0.3) is 10.8 Å². The van der Waals surface area contributed by atoms with Gasteiger partial charge in [-0.2, -0.15) is 0 Å². The second-order valence-electron chi connectivity index (χ2n) is 9.76. The first-order valence-electron chi connectivity index (χ1n) is 12.6. The lowest BCUT2D eigenvalue weighted by Gasteiger charge is -2.29. The second kappa shape index (κ2) is 9.74. The summed E-state index contributed by atoms with van der Waals surface area (Å²) in [6.45, 7) is 3.73. The van der Waals surface area contributed by atoms with E-state index in [4.69, 9.17) is 0 Å². The predicted octanol–water partition coefficient (Wildman–Crippen LogP) is 3.01. The van der Waals surface area contributed by atoms with Crippen molar-refractivity contribution in [2.24, 2.45) is 0 Å². The highest BCUT2D eigenvalue weighted by Crippen LogP contribution is 2.39. The van der Waals surface area contributed by atoms with E-state index in [9.17, 15) is 14.4 Å². The number of nitrogens with zero attached hydrogens (tertiary/aromatic N) is 1. The van der Waals surface area contributed by atoms with Crippen LogP contribution in [-0.4, -0.2) is 42.9 Å². The van der Waals surface area contributed by atoms with Crippen LogP contribution in [-0.2, 0) is 27.2 Å². The van der Waals surface area contributed by atoms with Gasteiger partial charge >= 0.3 is 0 Å². The number of fused-ring (bicyclic) bond motifs is 1. The van der Waals surface area contributed by atoms with Gasteiger partial charge in [0.15, 0.2) is 0 Å². The van der Waals surface area contributed by atoms with Crippen LogP contribution >= 0.6 is 0 Å². The van der Waals surface area contributed by atoms with Gasteiger partial charge in [0.2, 0.25) is 17.7 Å². The van der Waals surface area contributed by atoms with Crippen molar-refractivity contribution in [1.82, 2.24) is 16.0 Å². The number of carbonyl (C=O) groups excluding carboxylic acids is 3. The molecule has 2 heterocycles.